The molecule has 3 unspecified atom stereocenters. The van der Waals surface area contributed by atoms with Gasteiger partial charge in [0.15, 0.2) is 0 Å². The van der Waals surface area contributed by atoms with E-state index >= 15 is 0 Å². The minimum absolute atomic E-state index is 0.396. The van der Waals surface area contributed by atoms with Crippen LogP contribution in [0.2, 0.25) is 0 Å². The predicted octanol–water partition coefficient (Wildman–Crippen LogP) is 3.91. The first kappa shape index (κ1) is 14.8. The summed E-state index contributed by atoms with van der Waals surface area (Å²) in [5, 5.41) is 3.53. The number of anilines is 1. The van der Waals surface area contributed by atoms with E-state index < -0.39 is 0 Å². The van der Waals surface area contributed by atoms with E-state index in [1.54, 1.807) is 0 Å². The Kier molecular flexibility index (Phi) is 4.79. The third-order valence-electron chi connectivity index (χ3n) is 5.28. The Hall–Kier alpha value is -1.09. The fourth-order valence-corrected chi connectivity index (χ4v) is 3.99. The zero-order valence-electron chi connectivity index (χ0n) is 13.5. The molecule has 0 amide bonds. The number of nitrogens with zero attached hydrogens (tertiary/aromatic N) is 2. The average molecular weight is 287 g/mol. The number of fused-ring (bicyclic) bond motifs is 1. The topological polar surface area (TPSA) is 28.2 Å². The number of nitrogens with one attached hydrogen (secondary N) is 1. The average Bonchev–Trinajstić information content (AvgIpc) is 2.97. The number of rotatable bonds is 5. The highest BCUT2D eigenvalue weighted by Crippen LogP contribution is 2.38. The summed E-state index contributed by atoms with van der Waals surface area (Å²) in [6, 6.07) is 5.64. The highest BCUT2D eigenvalue weighted by atomic mass is 15.2. The lowest BCUT2D eigenvalue weighted by atomic mass is 9.85. The second-order valence-corrected chi connectivity index (χ2v) is 6.72. The lowest BCUT2D eigenvalue weighted by molar-refractivity contribution is 0.341. The van der Waals surface area contributed by atoms with Crippen LogP contribution in [0.25, 0.3) is 0 Å². The van der Waals surface area contributed by atoms with Crippen molar-refractivity contribution < 1.29 is 0 Å². The van der Waals surface area contributed by atoms with Gasteiger partial charge in [-0.2, -0.15) is 0 Å². The molecular formula is C18H29N3. The maximum atomic E-state index is 4.77. The smallest absolute Gasteiger partial charge is 0.128 e. The molecule has 0 spiro atoms. The molecule has 21 heavy (non-hydrogen) atoms. The van der Waals surface area contributed by atoms with Crippen LogP contribution in [0, 0.1) is 5.92 Å². The fourth-order valence-electron chi connectivity index (χ4n) is 3.99. The van der Waals surface area contributed by atoms with Crippen LogP contribution >= 0.6 is 0 Å². The summed E-state index contributed by atoms with van der Waals surface area (Å²) < 4.78 is 0. The van der Waals surface area contributed by atoms with E-state index in [2.05, 4.69) is 42.4 Å². The number of hydrogen-bond donors (Lipinski definition) is 1. The highest BCUT2D eigenvalue weighted by Gasteiger charge is 2.36. The van der Waals surface area contributed by atoms with E-state index in [1.807, 2.05) is 0 Å². The molecule has 1 aliphatic heterocycles. The molecule has 1 saturated carbocycles. The molecule has 0 radical (unpaired) electrons. The monoisotopic (exact) mass is 287 g/mol. The van der Waals surface area contributed by atoms with Gasteiger partial charge in [-0.25, -0.2) is 4.98 Å². The number of aromatic nitrogens is 1. The molecule has 2 heterocycles. The zero-order chi connectivity index (χ0) is 14.7. The van der Waals surface area contributed by atoms with Gasteiger partial charge in [-0.05, 0) is 56.7 Å². The molecule has 0 aromatic carbocycles. The summed E-state index contributed by atoms with van der Waals surface area (Å²) in [6.45, 7) is 6.69. The van der Waals surface area contributed by atoms with Gasteiger partial charge in [0, 0.05) is 24.8 Å². The van der Waals surface area contributed by atoms with Gasteiger partial charge in [-0.3, -0.25) is 0 Å². The molecule has 3 nitrogen and oxygen atoms in total. The lowest BCUT2D eigenvalue weighted by Gasteiger charge is -2.32. The number of hydrogen-bond acceptors (Lipinski definition) is 3. The Morgan fingerprint density at radius 3 is 2.90 bits per heavy atom. The van der Waals surface area contributed by atoms with Crippen molar-refractivity contribution in [1.29, 1.82) is 0 Å². The summed E-state index contributed by atoms with van der Waals surface area (Å²) in [6.07, 6.45) is 10.2. The van der Waals surface area contributed by atoms with Crippen LogP contribution in [0.3, 0.4) is 0 Å². The molecule has 3 heteroatoms. The Labute approximate surface area is 129 Å². The first-order valence-electron chi connectivity index (χ1n) is 8.75. The van der Waals surface area contributed by atoms with Crippen molar-refractivity contribution in [2.45, 2.75) is 64.5 Å². The molecule has 1 N–H and O–H groups in total. The van der Waals surface area contributed by atoms with Gasteiger partial charge < -0.3 is 10.2 Å². The minimum Gasteiger partial charge on any atom is -0.353 e. The van der Waals surface area contributed by atoms with E-state index in [1.165, 1.54) is 56.5 Å². The molecule has 3 atom stereocenters. The van der Waals surface area contributed by atoms with Crippen molar-refractivity contribution >= 4 is 5.82 Å². The zero-order valence-corrected chi connectivity index (χ0v) is 13.5. The van der Waals surface area contributed by atoms with Gasteiger partial charge in [0.1, 0.15) is 5.82 Å². The summed E-state index contributed by atoms with van der Waals surface area (Å²) in [5.41, 5.74) is 1.30. The summed E-state index contributed by atoms with van der Waals surface area (Å²) in [4.78, 5) is 7.33. The normalized spacial score (nSPS) is 26.7. The molecule has 3 rings (SSSR count). The maximum Gasteiger partial charge on any atom is 0.128 e. The molecule has 1 aliphatic carbocycles. The van der Waals surface area contributed by atoms with E-state index in [4.69, 9.17) is 4.98 Å². The lowest BCUT2D eigenvalue weighted by Crippen LogP contribution is -2.35. The van der Waals surface area contributed by atoms with Gasteiger partial charge in [0.25, 0.3) is 0 Å². The van der Waals surface area contributed by atoms with Crippen LogP contribution in [0.1, 0.15) is 64.0 Å². The van der Waals surface area contributed by atoms with Crippen molar-refractivity contribution in [3.63, 3.8) is 0 Å². The second kappa shape index (κ2) is 6.78. The van der Waals surface area contributed by atoms with E-state index in [0.29, 0.717) is 6.04 Å². The van der Waals surface area contributed by atoms with Gasteiger partial charge in [-0.15, -0.1) is 0 Å². The second-order valence-electron chi connectivity index (χ2n) is 6.72. The van der Waals surface area contributed by atoms with Gasteiger partial charge in [0.05, 0.1) is 0 Å². The molecule has 1 saturated heterocycles. The van der Waals surface area contributed by atoms with E-state index in [0.717, 1.165) is 18.5 Å². The number of pyridine rings is 1. The van der Waals surface area contributed by atoms with Crippen LogP contribution < -0.4 is 10.2 Å². The molecular weight excluding hydrogens is 258 g/mol. The largest absolute Gasteiger partial charge is 0.353 e. The van der Waals surface area contributed by atoms with Crippen molar-refractivity contribution in [3.8, 4) is 0 Å². The fraction of sp³-hybridized carbons (Fsp3) is 0.722. The Morgan fingerprint density at radius 2 is 2.14 bits per heavy atom. The quantitative estimate of drug-likeness (QED) is 0.890. The van der Waals surface area contributed by atoms with Gasteiger partial charge >= 0.3 is 0 Å². The van der Waals surface area contributed by atoms with Crippen molar-refractivity contribution in [2.75, 3.05) is 18.0 Å². The molecule has 0 bridgehead atoms. The molecule has 1 aromatic rings. The Bertz CT molecular complexity index is 442. The predicted molar refractivity (Wildman–Crippen MR) is 88.7 cm³/mol. The third kappa shape index (κ3) is 3.23. The minimum atomic E-state index is 0.396. The van der Waals surface area contributed by atoms with Crippen LogP contribution in [0.15, 0.2) is 18.3 Å². The third-order valence-corrected chi connectivity index (χ3v) is 5.28. The van der Waals surface area contributed by atoms with Crippen molar-refractivity contribution in [2.24, 2.45) is 5.92 Å². The highest BCUT2D eigenvalue weighted by molar-refractivity contribution is 5.43. The molecule has 2 aliphatic rings. The molecule has 116 valence electrons. The summed E-state index contributed by atoms with van der Waals surface area (Å²) in [7, 11) is 0. The SMILES string of the molecule is CCCNC(C)c1ccc(N2CCC3CCCCC32)nc1. The van der Waals surface area contributed by atoms with E-state index in [-0.39, 0.29) is 0 Å². The van der Waals surface area contributed by atoms with Crippen LogP contribution in [-0.2, 0) is 0 Å². The van der Waals surface area contributed by atoms with Crippen LogP contribution in [-0.4, -0.2) is 24.1 Å². The first-order chi connectivity index (χ1) is 10.3. The summed E-state index contributed by atoms with van der Waals surface area (Å²) in [5.74, 6) is 2.11. The van der Waals surface area contributed by atoms with Crippen molar-refractivity contribution in [1.82, 2.24) is 10.3 Å². The molecule has 2 fully saturated rings. The Balaban J connectivity index is 1.66. The molecule has 1 aromatic heterocycles. The van der Waals surface area contributed by atoms with E-state index in [9.17, 15) is 0 Å². The van der Waals surface area contributed by atoms with Gasteiger partial charge in [0.2, 0.25) is 0 Å². The summed E-state index contributed by atoms with van der Waals surface area (Å²) >= 11 is 0. The van der Waals surface area contributed by atoms with Crippen LogP contribution in [0.5, 0.6) is 0 Å². The first-order valence-corrected chi connectivity index (χ1v) is 8.75. The van der Waals surface area contributed by atoms with Gasteiger partial charge in [-0.1, -0.05) is 25.8 Å². The van der Waals surface area contributed by atoms with Crippen LogP contribution in [0.4, 0.5) is 5.82 Å². The Morgan fingerprint density at radius 1 is 1.29 bits per heavy atom. The standard InChI is InChI=1S/C18H29N3/c1-3-11-19-14(2)16-8-9-18(20-13-16)21-12-10-15-6-4-5-7-17(15)21/h8-9,13-15,17,19H,3-7,10-12H2,1-2H3. The van der Waals surface area contributed by atoms with Crippen molar-refractivity contribution in [3.05, 3.63) is 23.9 Å². The maximum absolute atomic E-state index is 4.77.